The van der Waals surface area contributed by atoms with Gasteiger partial charge in [0.1, 0.15) is 0 Å². The first-order valence-electron chi connectivity index (χ1n) is 4.52. The Kier molecular flexibility index (Phi) is 3.53. The van der Waals surface area contributed by atoms with Crippen molar-refractivity contribution in [3.8, 4) is 0 Å². The molecule has 0 radical (unpaired) electrons. The lowest BCUT2D eigenvalue weighted by Crippen LogP contribution is -2.18. The first-order chi connectivity index (χ1) is 5.74. The average Bonchev–Trinajstić information content (AvgIpc) is 2.47. The van der Waals surface area contributed by atoms with Gasteiger partial charge in [0.2, 0.25) is 0 Å². The second-order valence-corrected chi connectivity index (χ2v) is 3.24. The molecule has 2 atom stereocenters. The number of rotatable bonds is 3. The predicted octanol–water partition coefficient (Wildman–Crippen LogP) is 1.36. The highest BCUT2D eigenvalue weighted by molar-refractivity contribution is 5.72. The SMILES string of the molecule is CCCOC(=O)C1COC(C)C1. The molecule has 1 aliphatic rings. The van der Waals surface area contributed by atoms with Crippen LogP contribution >= 0.6 is 0 Å². The van der Waals surface area contributed by atoms with E-state index in [0.717, 1.165) is 12.8 Å². The molecule has 12 heavy (non-hydrogen) atoms. The van der Waals surface area contributed by atoms with E-state index in [-0.39, 0.29) is 18.0 Å². The predicted molar refractivity (Wildman–Crippen MR) is 44.8 cm³/mol. The molecule has 3 nitrogen and oxygen atoms in total. The van der Waals surface area contributed by atoms with Crippen molar-refractivity contribution in [2.24, 2.45) is 5.92 Å². The van der Waals surface area contributed by atoms with Crippen LogP contribution in [0, 0.1) is 5.92 Å². The highest BCUT2D eigenvalue weighted by atomic mass is 16.5. The first kappa shape index (κ1) is 9.52. The maximum absolute atomic E-state index is 11.2. The van der Waals surface area contributed by atoms with E-state index >= 15 is 0 Å². The number of hydrogen-bond acceptors (Lipinski definition) is 3. The molecule has 0 aliphatic carbocycles. The van der Waals surface area contributed by atoms with E-state index in [4.69, 9.17) is 9.47 Å². The van der Waals surface area contributed by atoms with E-state index < -0.39 is 0 Å². The molecule has 1 saturated heterocycles. The Labute approximate surface area is 73.0 Å². The molecule has 0 N–H and O–H groups in total. The van der Waals surface area contributed by atoms with Crippen molar-refractivity contribution in [2.45, 2.75) is 32.8 Å². The standard InChI is InChI=1S/C9H16O3/c1-3-4-11-9(10)8-5-7(2)12-6-8/h7-8H,3-6H2,1-2H3. The number of carbonyl (C=O) groups excluding carboxylic acids is 1. The van der Waals surface area contributed by atoms with Crippen LogP contribution in [0.25, 0.3) is 0 Å². The molecule has 0 aromatic heterocycles. The second kappa shape index (κ2) is 4.45. The first-order valence-corrected chi connectivity index (χ1v) is 4.52. The Morgan fingerprint density at radius 2 is 2.42 bits per heavy atom. The van der Waals surface area contributed by atoms with Gasteiger partial charge in [-0.05, 0) is 19.8 Å². The summed E-state index contributed by atoms with van der Waals surface area (Å²) in [6, 6.07) is 0. The Morgan fingerprint density at radius 1 is 1.67 bits per heavy atom. The van der Waals surface area contributed by atoms with Crippen molar-refractivity contribution in [3.63, 3.8) is 0 Å². The van der Waals surface area contributed by atoms with Gasteiger partial charge >= 0.3 is 5.97 Å². The molecular weight excluding hydrogens is 156 g/mol. The van der Waals surface area contributed by atoms with Gasteiger partial charge in [-0.2, -0.15) is 0 Å². The monoisotopic (exact) mass is 172 g/mol. The van der Waals surface area contributed by atoms with Gasteiger partial charge in [0.15, 0.2) is 0 Å². The van der Waals surface area contributed by atoms with E-state index in [9.17, 15) is 4.79 Å². The van der Waals surface area contributed by atoms with Crippen molar-refractivity contribution in [1.29, 1.82) is 0 Å². The average molecular weight is 172 g/mol. The Bertz CT molecular complexity index is 156. The van der Waals surface area contributed by atoms with Crippen molar-refractivity contribution < 1.29 is 14.3 Å². The van der Waals surface area contributed by atoms with Gasteiger partial charge in [-0.15, -0.1) is 0 Å². The molecule has 0 aromatic carbocycles. The Morgan fingerprint density at radius 3 is 2.92 bits per heavy atom. The lowest BCUT2D eigenvalue weighted by atomic mass is 10.1. The highest BCUT2D eigenvalue weighted by Crippen LogP contribution is 2.20. The fourth-order valence-corrected chi connectivity index (χ4v) is 1.30. The summed E-state index contributed by atoms with van der Waals surface area (Å²) >= 11 is 0. The van der Waals surface area contributed by atoms with Gasteiger partial charge in [-0.25, -0.2) is 0 Å². The van der Waals surface area contributed by atoms with Crippen LogP contribution in [0.4, 0.5) is 0 Å². The molecule has 0 spiro atoms. The minimum atomic E-state index is -0.0961. The van der Waals surface area contributed by atoms with Crippen LogP contribution in [-0.2, 0) is 14.3 Å². The molecule has 0 saturated carbocycles. The molecule has 70 valence electrons. The Hall–Kier alpha value is -0.570. The van der Waals surface area contributed by atoms with E-state index in [1.807, 2.05) is 13.8 Å². The minimum absolute atomic E-state index is 0.0217. The van der Waals surface area contributed by atoms with Gasteiger partial charge in [0.05, 0.1) is 25.2 Å². The van der Waals surface area contributed by atoms with Gasteiger partial charge in [-0.1, -0.05) is 6.92 Å². The van der Waals surface area contributed by atoms with E-state index in [1.54, 1.807) is 0 Å². The van der Waals surface area contributed by atoms with Crippen LogP contribution in [0.2, 0.25) is 0 Å². The molecule has 3 heteroatoms. The molecule has 0 aromatic rings. The topological polar surface area (TPSA) is 35.5 Å². The molecule has 1 heterocycles. The molecule has 2 unspecified atom stereocenters. The fraction of sp³-hybridized carbons (Fsp3) is 0.889. The zero-order valence-electron chi connectivity index (χ0n) is 7.71. The molecule has 0 bridgehead atoms. The third kappa shape index (κ3) is 2.48. The normalized spacial score (nSPS) is 28.8. The third-order valence-corrected chi connectivity index (χ3v) is 1.98. The summed E-state index contributed by atoms with van der Waals surface area (Å²) in [5.74, 6) is -0.118. The molecule has 1 fully saturated rings. The summed E-state index contributed by atoms with van der Waals surface area (Å²) < 4.78 is 10.3. The fourth-order valence-electron chi connectivity index (χ4n) is 1.30. The summed E-state index contributed by atoms with van der Waals surface area (Å²) in [4.78, 5) is 11.2. The zero-order chi connectivity index (χ0) is 8.97. The lowest BCUT2D eigenvalue weighted by molar-refractivity contribution is -0.148. The summed E-state index contributed by atoms with van der Waals surface area (Å²) in [6.45, 7) is 5.03. The number of esters is 1. The molecule has 1 aliphatic heterocycles. The van der Waals surface area contributed by atoms with Crippen molar-refractivity contribution >= 4 is 5.97 Å². The summed E-state index contributed by atoms with van der Waals surface area (Å²) in [5, 5.41) is 0. The van der Waals surface area contributed by atoms with Crippen molar-refractivity contribution in [2.75, 3.05) is 13.2 Å². The van der Waals surface area contributed by atoms with Crippen LogP contribution in [0.5, 0.6) is 0 Å². The third-order valence-electron chi connectivity index (χ3n) is 1.98. The molecular formula is C9H16O3. The van der Waals surface area contributed by atoms with Crippen LogP contribution < -0.4 is 0 Å². The van der Waals surface area contributed by atoms with Crippen LogP contribution in [0.1, 0.15) is 26.7 Å². The number of hydrogen-bond donors (Lipinski definition) is 0. The summed E-state index contributed by atoms with van der Waals surface area (Å²) in [5.41, 5.74) is 0. The lowest BCUT2D eigenvalue weighted by Gasteiger charge is -2.06. The van der Waals surface area contributed by atoms with Crippen molar-refractivity contribution in [3.05, 3.63) is 0 Å². The van der Waals surface area contributed by atoms with Crippen LogP contribution in [0.15, 0.2) is 0 Å². The second-order valence-electron chi connectivity index (χ2n) is 3.24. The largest absolute Gasteiger partial charge is 0.465 e. The van der Waals surface area contributed by atoms with E-state index in [0.29, 0.717) is 13.2 Å². The summed E-state index contributed by atoms with van der Waals surface area (Å²) in [6.07, 6.45) is 1.90. The maximum Gasteiger partial charge on any atom is 0.311 e. The maximum atomic E-state index is 11.2. The number of ether oxygens (including phenoxy) is 2. The Balaban J connectivity index is 2.23. The smallest absolute Gasteiger partial charge is 0.311 e. The highest BCUT2D eigenvalue weighted by Gasteiger charge is 2.29. The minimum Gasteiger partial charge on any atom is -0.465 e. The van der Waals surface area contributed by atoms with Gasteiger partial charge in [0.25, 0.3) is 0 Å². The zero-order valence-corrected chi connectivity index (χ0v) is 7.71. The van der Waals surface area contributed by atoms with Crippen LogP contribution in [0.3, 0.4) is 0 Å². The van der Waals surface area contributed by atoms with Gasteiger partial charge in [-0.3, -0.25) is 4.79 Å². The number of carbonyl (C=O) groups is 1. The van der Waals surface area contributed by atoms with Crippen LogP contribution in [-0.4, -0.2) is 25.3 Å². The van der Waals surface area contributed by atoms with Gasteiger partial charge < -0.3 is 9.47 Å². The summed E-state index contributed by atoms with van der Waals surface area (Å²) in [7, 11) is 0. The van der Waals surface area contributed by atoms with Crippen molar-refractivity contribution in [1.82, 2.24) is 0 Å². The quantitative estimate of drug-likeness (QED) is 0.603. The van der Waals surface area contributed by atoms with E-state index in [2.05, 4.69) is 0 Å². The molecule has 1 rings (SSSR count). The van der Waals surface area contributed by atoms with Gasteiger partial charge in [0, 0.05) is 0 Å². The molecule has 0 amide bonds. The van der Waals surface area contributed by atoms with E-state index in [1.165, 1.54) is 0 Å².